The SMILES string of the molecule is N[C@H]1C[C@H]2CCCc3c(ccc4c(=O)c(C(=O)O)cn(C5CC5)c34)N2C1. The van der Waals surface area contributed by atoms with Crippen LogP contribution in [0.1, 0.15) is 54.1 Å². The molecule has 1 aromatic carbocycles. The van der Waals surface area contributed by atoms with E-state index in [9.17, 15) is 14.7 Å². The first-order valence-electron chi connectivity index (χ1n) is 9.51. The number of benzene rings is 1. The molecule has 6 nitrogen and oxygen atoms in total. The highest BCUT2D eigenvalue weighted by Crippen LogP contribution is 2.42. The maximum absolute atomic E-state index is 12.8. The van der Waals surface area contributed by atoms with Crippen LogP contribution in [0.25, 0.3) is 10.9 Å². The standard InChI is InChI=1S/C20H23N3O3/c21-11-8-13-2-1-3-14-17(22(13)9-11)7-6-15-18(14)23(12-4-5-12)10-16(19(15)24)20(25)26/h6-7,10-13H,1-5,8-9,21H2,(H,25,26)/t11-,13+/m0/s1. The Morgan fingerprint density at radius 1 is 1.19 bits per heavy atom. The summed E-state index contributed by atoms with van der Waals surface area (Å²) in [5.74, 6) is -1.15. The number of rotatable bonds is 2. The van der Waals surface area contributed by atoms with E-state index in [1.807, 2.05) is 12.1 Å². The van der Waals surface area contributed by atoms with Crippen molar-refractivity contribution in [3.8, 4) is 0 Å². The van der Waals surface area contributed by atoms with Crippen molar-refractivity contribution in [1.82, 2.24) is 4.57 Å². The molecule has 136 valence electrons. The lowest BCUT2D eigenvalue weighted by atomic mass is 10.00. The molecule has 2 aromatic rings. The summed E-state index contributed by atoms with van der Waals surface area (Å²) >= 11 is 0. The van der Waals surface area contributed by atoms with E-state index in [2.05, 4.69) is 9.47 Å². The van der Waals surface area contributed by atoms with E-state index >= 15 is 0 Å². The maximum Gasteiger partial charge on any atom is 0.341 e. The van der Waals surface area contributed by atoms with E-state index < -0.39 is 5.97 Å². The molecule has 0 radical (unpaired) electrons. The van der Waals surface area contributed by atoms with E-state index in [4.69, 9.17) is 5.73 Å². The molecule has 3 heterocycles. The molecule has 1 saturated heterocycles. The van der Waals surface area contributed by atoms with Gasteiger partial charge in [0.25, 0.3) is 0 Å². The van der Waals surface area contributed by atoms with Gasteiger partial charge < -0.3 is 20.3 Å². The highest BCUT2D eigenvalue weighted by Gasteiger charge is 2.35. The Hall–Kier alpha value is -2.34. The number of fused-ring (bicyclic) bond motifs is 5. The molecule has 6 heteroatoms. The number of hydrogen-bond donors (Lipinski definition) is 2. The molecule has 2 aliphatic heterocycles. The second kappa shape index (κ2) is 5.58. The summed E-state index contributed by atoms with van der Waals surface area (Å²) in [6.07, 6.45) is 7.78. The molecule has 1 aromatic heterocycles. The number of nitrogens with zero attached hydrogens (tertiary/aromatic N) is 2. The van der Waals surface area contributed by atoms with E-state index in [0.717, 1.165) is 50.6 Å². The van der Waals surface area contributed by atoms with Crippen molar-refractivity contribution in [3.63, 3.8) is 0 Å². The van der Waals surface area contributed by atoms with Crippen molar-refractivity contribution in [2.24, 2.45) is 5.73 Å². The molecular weight excluding hydrogens is 330 g/mol. The van der Waals surface area contributed by atoms with Crippen LogP contribution in [-0.4, -0.2) is 34.3 Å². The zero-order valence-electron chi connectivity index (χ0n) is 14.6. The van der Waals surface area contributed by atoms with Gasteiger partial charge in [-0.15, -0.1) is 0 Å². The third-order valence-electron chi connectivity index (χ3n) is 6.16. The molecule has 0 unspecified atom stereocenters. The minimum absolute atomic E-state index is 0.126. The Balaban J connectivity index is 1.81. The van der Waals surface area contributed by atoms with Crippen LogP contribution in [0.15, 0.2) is 23.1 Å². The normalized spacial score (nSPS) is 25.0. The predicted molar refractivity (Wildman–Crippen MR) is 100 cm³/mol. The van der Waals surface area contributed by atoms with Crippen molar-refractivity contribution in [2.75, 3.05) is 11.4 Å². The minimum atomic E-state index is -1.15. The molecule has 26 heavy (non-hydrogen) atoms. The van der Waals surface area contributed by atoms with Crippen molar-refractivity contribution in [2.45, 2.75) is 56.7 Å². The molecule has 2 fully saturated rings. The summed E-state index contributed by atoms with van der Waals surface area (Å²) in [5.41, 5.74) is 9.05. The molecule has 2 atom stereocenters. The molecule has 3 N–H and O–H groups in total. The molecule has 0 spiro atoms. The third-order valence-corrected chi connectivity index (χ3v) is 6.16. The van der Waals surface area contributed by atoms with Gasteiger partial charge in [0.1, 0.15) is 5.56 Å². The number of carbonyl (C=O) groups is 1. The highest BCUT2D eigenvalue weighted by molar-refractivity contribution is 5.95. The topological polar surface area (TPSA) is 88.6 Å². The first kappa shape index (κ1) is 15.9. The van der Waals surface area contributed by atoms with Gasteiger partial charge in [-0.2, -0.15) is 0 Å². The Kier molecular flexibility index (Phi) is 3.41. The summed E-state index contributed by atoms with van der Waals surface area (Å²) < 4.78 is 2.06. The monoisotopic (exact) mass is 353 g/mol. The Labute approximate surface area is 151 Å². The zero-order chi connectivity index (χ0) is 18.0. The molecule has 5 rings (SSSR count). The smallest absolute Gasteiger partial charge is 0.341 e. The Bertz CT molecular complexity index is 976. The Morgan fingerprint density at radius 2 is 2.00 bits per heavy atom. The lowest BCUT2D eigenvalue weighted by Gasteiger charge is -2.27. The third kappa shape index (κ3) is 2.28. The van der Waals surface area contributed by atoms with Crippen molar-refractivity contribution in [1.29, 1.82) is 0 Å². The summed E-state index contributed by atoms with van der Waals surface area (Å²) in [5, 5.41) is 9.99. The molecule has 1 aliphatic carbocycles. The van der Waals surface area contributed by atoms with E-state index in [-0.39, 0.29) is 17.0 Å². The molecule has 0 amide bonds. The van der Waals surface area contributed by atoms with E-state index in [1.165, 1.54) is 11.3 Å². The summed E-state index contributed by atoms with van der Waals surface area (Å²) in [4.78, 5) is 26.8. The summed E-state index contributed by atoms with van der Waals surface area (Å²) in [7, 11) is 0. The fourth-order valence-corrected chi connectivity index (χ4v) is 4.86. The van der Waals surface area contributed by atoms with Crippen LogP contribution in [0.4, 0.5) is 5.69 Å². The van der Waals surface area contributed by atoms with Gasteiger partial charge in [-0.05, 0) is 56.2 Å². The molecule has 1 saturated carbocycles. The van der Waals surface area contributed by atoms with E-state index in [0.29, 0.717) is 17.5 Å². The van der Waals surface area contributed by atoms with Gasteiger partial charge in [0, 0.05) is 41.9 Å². The quantitative estimate of drug-likeness (QED) is 0.865. The first-order valence-corrected chi connectivity index (χ1v) is 9.51. The average molecular weight is 353 g/mol. The van der Waals surface area contributed by atoms with Gasteiger partial charge in [0.2, 0.25) is 5.43 Å². The number of nitrogens with two attached hydrogens (primary N) is 1. The number of aryl methyl sites for hydroxylation is 1. The van der Waals surface area contributed by atoms with Crippen LogP contribution in [0.3, 0.4) is 0 Å². The van der Waals surface area contributed by atoms with Crippen molar-refractivity contribution >= 4 is 22.6 Å². The first-order chi connectivity index (χ1) is 12.5. The van der Waals surface area contributed by atoms with Gasteiger partial charge >= 0.3 is 5.97 Å². The van der Waals surface area contributed by atoms with Crippen LogP contribution >= 0.6 is 0 Å². The van der Waals surface area contributed by atoms with Crippen LogP contribution < -0.4 is 16.1 Å². The molecule has 0 bridgehead atoms. The lowest BCUT2D eigenvalue weighted by Crippen LogP contribution is -2.30. The number of hydrogen-bond acceptors (Lipinski definition) is 4. The highest BCUT2D eigenvalue weighted by atomic mass is 16.4. The van der Waals surface area contributed by atoms with Crippen LogP contribution in [0.2, 0.25) is 0 Å². The fraction of sp³-hybridized carbons (Fsp3) is 0.500. The van der Waals surface area contributed by atoms with Crippen molar-refractivity contribution < 1.29 is 9.90 Å². The van der Waals surface area contributed by atoms with Gasteiger partial charge in [-0.3, -0.25) is 4.79 Å². The largest absolute Gasteiger partial charge is 0.477 e. The van der Waals surface area contributed by atoms with Gasteiger partial charge in [-0.1, -0.05) is 0 Å². The minimum Gasteiger partial charge on any atom is -0.477 e. The van der Waals surface area contributed by atoms with Crippen LogP contribution in [0.5, 0.6) is 0 Å². The average Bonchev–Trinajstić information content (AvgIpc) is 3.40. The fourth-order valence-electron chi connectivity index (χ4n) is 4.86. The van der Waals surface area contributed by atoms with Gasteiger partial charge in [-0.25, -0.2) is 4.79 Å². The molecule has 3 aliphatic rings. The summed E-state index contributed by atoms with van der Waals surface area (Å²) in [6, 6.07) is 4.82. The Morgan fingerprint density at radius 3 is 2.73 bits per heavy atom. The lowest BCUT2D eigenvalue weighted by molar-refractivity contribution is 0.0695. The number of aromatic carboxylic acids is 1. The predicted octanol–water partition coefficient (Wildman–Crippen LogP) is 2.28. The van der Waals surface area contributed by atoms with Crippen molar-refractivity contribution in [3.05, 3.63) is 39.7 Å². The summed E-state index contributed by atoms with van der Waals surface area (Å²) in [6.45, 7) is 0.851. The second-order valence-corrected chi connectivity index (χ2v) is 7.97. The number of aromatic nitrogens is 1. The second-order valence-electron chi connectivity index (χ2n) is 7.97. The maximum atomic E-state index is 12.8. The number of pyridine rings is 1. The van der Waals surface area contributed by atoms with Gasteiger partial charge in [0.15, 0.2) is 0 Å². The zero-order valence-corrected chi connectivity index (χ0v) is 14.6. The van der Waals surface area contributed by atoms with Gasteiger partial charge in [0.05, 0.1) is 5.52 Å². The number of anilines is 1. The number of carboxylic acid groups (broad SMARTS) is 1. The van der Waals surface area contributed by atoms with E-state index in [1.54, 1.807) is 6.20 Å². The van der Waals surface area contributed by atoms with Crippen LogP contribution in [-0.2, 0) is 6.42 Å². The van der Waals surface area contributed by atoms with Crippen LogP contribution in [0, 0.1) is 0 Å². The number of carboxylic acids is 1. The molecular formula is C20H23N3O3.